The van der Waals surface area contributed by atoms with E-state index in [4.69, 9.17) is 15.0 Å². The molecule has 1 heterocycles. The second-order valence-electron chi connectivity index (χ2n) is 4.38. The second-order valence-corrected chi connectivity index (χ2v) is 4.38. The van der Waals surface area contributed by atoms with Crippen LogP contribution in [0, 0.1) is 0 Å². The number of rotatable bonds is 3. The molecule has 0 radical (unpaired) electrons. The zero-order valence-electron chi connectivity index (χ0n) is 10.6. The number of hydrogen-bond donors (Lipinski definition) is 2. The SMILES string of the molecule is COc1cc(C(C)C)cc(-c2cnoc2N)c1O. The van der Waals surface area contributed by atoms with Gasteiger partial charge in [0.15, 0.2) is 11.5 Å². The van der Waals surface area contributed by atoms with Gasteiger partial charge in [0.25, 0.3) is 0 Å². The van der Waals surface area contributed by atoms with Crippen molar-refractivity contribution in [1.82, 2.24) is 5.16 Å². The van der Waals surface area contributed by atoms with Gasteiger partial charge in [0.2, 0.25) is 5.88 Å². The third-order valence-corrected chi connectivity index (χ3v) is 2.87. The Morgan fingerprint density at radius 3 is 2.56 bits per heavy atom. The van der Waals surface area contributed by atoms with Gasteiger partial charge in [0, 0.05) is 5.56 Å². The summed E-state index contributed by atoms with van der Waals surface area (Å²) in [6.07, 6.45) is 1.48. The largest absolute Gasteiger partial charge is 0.504 e. The van der Waals surface area contributed by atoms with Crippen LogP contribution >= 0.6 is 0 Å². The lowest BCUT2D eigenvalue weighted by Gasteiger charge is -2.13. The summed E-state index contributed by atoms with van der Waals surface area (Å²) in [5.74, 6) is 0.932. The van der Waals surface area contributed by atoms with Gasteiger partial charge in [0.1, 0.15) is 0 Å². The first-order valence-electron chi connectivity index (χ1n) is 5.66. The molecule has 0 unspecified atom stereocenters. The number of ether oxygens (including phenoxy) is 1. The zero-order valence-corrected chi connectivity index (χ0v) is 10.6. The number of nitrogens with zero attached hydrogens (tertiary/aromatic N) is 1. The van der Waals surface area contributed by atoms with Crippen LogP contribution in [0.2, 0.25) is 0 Å². The Morgan fingerprint density at radius 1 is 1.33 bits per heavy atom. The molecule has 0 atom stereocenters. The molecular weight excluding hydrogens is 232 g/mol. The molecule has 5 nitrogen and oxygen atoms in total. The van der Waals surface area contributed by atoms with Gasteiger partial charge in [-0.3, -0.25) is 0 Å². The minimum absolute atomic E-state index is 0.0387. The minimum atomic E-state index is 0.0387. The summed E-state index contributed by atoms with van der Waals surface area (Å²) in [5.41, 5.74) is 7.85. The Bertz CT molecular complexity index is 561. The molecule has 1 aromatic heterocycles. The number of phenols is 1. The van der Waals surface area contributed by atoms with Crippen molar-refractivity contribution < 1.29 is 14.4 Å². The maximum absolute atomic E-state index is 10.1. The van der Waals surface area contributed by atoms with E-state index in [2.05, 4.69) is 19.0 Å². The number of aromatic hydroxyl groups is 1. The number of anilines is 1. The van der Waals surface area contributed by atoms with Crippen LogP contribution in [0.3, 0.4) is 0 Å². The fraction of sp³-hybridized carbons (Fsp3) is 0.308. The van der Waals surface area contributed by atoms with Crippen molar-refractivity contribution in [1.29, 1.82) is 0 Å². The van der Waals surface area contributed by atoms with E-state index in [-0.39, 0.29) is 11.6 Å². The Hall–Kier alpha value is -2.17. The maximum Gasteiger partial charge on any atom is 0.230 e. The molecule has 5 heteroatoms. The first kappa shape index (κ1) is 12.3. The van der Waals surface area contributed by atoms with E-state index in [9.17, 15) is 5.11 Å². The van der Waals surface area contributed by atoms with Crippen molar-refractivity contribution in [3.8, 4) is 22.6 Å². The monoisotopic (exact) mass is 248 g/mol. The number of hydrogen-bond acceptors (Lipinski definition) is 5. The third kappa shape index (κ3) is 1.99. The lowest BCUT2D eigenvalue weighted by atomic mass is 9.97. The van der Waals surface area contributed by atoms with E-state index >= 15 is 0 Å². The molecule has 0 fully saturated rings. The van der Waals surface area contributed by atoms with Crippen LogP contribution in [0.5, 0.6) is 11.5 Å². The fourth-order valence-electron chi connectivity index (χ4n) is 1.77. The van der Waals surface area contributed by atoms with Gasteiger partial charge in [-0.2, -0.15) is 0 Å². The summed E-state index contributed by atoms with van der Waals surface area (Å²) in [4.78, 5) is 0. The van der Waals surface area contributed by atoms with Crippen LogP contribution in [0.15, 0.2) is 22.9 Å². The molecule has 0 spiro atoms. The Labute approximate surface area is 105 Å². The summed E-state index contributed by atoms with van der Waals surface area (Å²) in [6.45, 7) is 4.12. The number of nitrogens with two attached hydrogens (primary N) is 1. The lowest BCUT2D eigenvalue weighted by Crippen LogP contribution is -1.94. The molecular formula is C13H16N2O3. The second kappa shape index (κ2) is 4.60. The lowest BCUT2D eigenvalue weighted by molar-refractivity contribution is 0.373. The van der Waals surface area contributed by atoms with Gasteiger partial charge < -0.3 is 20.1 Å². The Balaban J connectivity index is 2.66. The molecule has 0 saturated heterocycles. The van der Waals surface area contributed by atoms with Crippen LogP contribution in [0.4, 0.5) is 5.88 Å². The van der Waals surface area contributed by atoms with Crippen LogP contribution in [-0.2, 0) is 0 Å². The Morgan fingerprint density at radius 2 is 2.06 bits per heavy atom. The smallest absolute Gasteiger partial charge is 0.230 e. The van der Waals surface area contributed by atoms with Gasteiger partial charge in [-0.15, -0.1) is 0 Å². The third-order valence-electron chi connectivity index (χ3n) is 2.87. The normalized spacial score (nSPS) is 10.9. The molecule has 0 aliphatic heterocycles. The van der Waals surface area contributed by atoms with Crippen LogP contribution in [-0.4, -0.2) is 17.4 Å². The van der Waals surface area contributed by atoms with E-state index in [1.54, 1.807) is 0 Å². The average Bonchev–Trinajstić information content (AvgIpc) is 2.75. The van der Waals surface area contributed by atoms with Gasteiger partial charge >= 0.3 is 0 Å². The van der Waals surface area contributed by atoms with Gasteiger partial charge in [-0.05, 0) is 23.6 Å². The molecule has 0 bridgehead atoms. The standard InChI is InChI=1S/C13H16N2O3/c1-7(2)8-4-9(10-6-15-18-13(10)14)12(16)11(5-8)17-3/h4-7,16H,14H2,1-3H3. The molecule has 3 N–H and O–H groups in total. The highest BCUT2D eigenvalue weighted by molar-refractivity contribution is 5.79. The Kier molecular flexibility index (Phi) is 3.14. The molecule has 1 aromatic carbocycles. The number of methoxy groups -OCH3 is 1. The van der Waals surface area contributed by atoms with Crippen LogP contribution in [0.25, 0.3) is 11.1 Å². The van der Waals surface area contributed by atoms with Crippen molar-refractivity contribution in [2.24, 2.45) is 0 Å². The minimum Gasteiger partial charge on any atom is -0.504 e. The average molecular weight is 248 g/mol. The first-order valence-corrected chi connectivity index (χ1v) is 5.66. The summed E-state index contributed by atoms with van der Waals surface area (Å²) in [6, 6.07) is 3.68. The number of aromatic nitrogens is 1. The highest BCUT2D eigenvalue weighted by Gasteiger charge is 2.17. The van der Waals surface area contributed by atoms with Gasteiger partial charge in [-0.1, -0.05) is 19.0 Å². The maximum atomic E-state index is 10.1. The summed E-state index contributed by atoms with van der Waals surface area (Å²) < 4.78 is 10.00. The highest BCUT2D eigenvalue weighted by Crippen LogP contribution is 2.41. The fourth-order valence-corrected chi connectivity index (χ4v) is 1.77. The number of benzene rings is 1. The van der Waals surface area contributed by atoms with Crippen molar-refractivity contribution in [2.75, 3.05) is 12.8 Å². The van der Waals surface area contributed by atoms with Crippen molar-refractivity contribution in [2.45, 2.75) is 19.8 Å². The topological polar surface area (TPSA) is 81.5 Å². The summed E-state index contributed by atoms with van der Waals surface area (Å²) >= 11 is 0. The van der Waals surface area contributed by atoms with E-state index in [0.29, 0.717) is 22.8 Å². The molecule has 0 saturated carbocycles. The highest BCUT2D eigenvalue weighted by atomic mass is 16.5. The van der Waals surface area contributed by atoms with Gasteiger partial charge in [0.05, 0.1) is 18.9 Å². The van der Waals surface area contributed by atoms with Crippen LogP contribution in [0.1, 0.15) is 25.3 Å². The predicted octanol–water partition coefficient (Wildman–Crippen LogP) is 2.76. The van der Waals surface area contributed by atoms with Crippen molar-refractivity contribution >= 4 is 5.88 Å². The zero-order chi connectivity index (χ0) is 13.3. The van der Waals surface area contributed by atoms with Crippen LogP contribution < -0.4 is 10.5 Å². The van der Waals surface area contributed by atoms with Crippen molar-refractivity contribution in [3.63, 3.8) is 0 Å². The van der Waals surface area contributed by atoms with E-state index < -0.39 is 0 Å². The van der Waals surface area contributed by atoms with E-state index in [0.717, 1.165) is 5.56 Å². The summed E-state index contributed by atoms with van der Waals surface area (Å²) in [5, 5.41) is 13.8. The van der Waals surface area contributed by atoms with E-state index in [1.165, 1.54) is 13.3 Å². The van der Waals surface area contributed by atoms with Crippen molar-refractivity contribution in [3.05, 3.63) is 23.9 Å². The summed E-state index contributed by atoms with van der Waals surface area (Å²) in [7, 11) is 1.51. The first-order chi connectivity index (χ1) is 8.54. The quantitative estimate of drug-likeness (QED) is 0.872. The molecule has 2 aromatic rings. The number of nitrogen functional groups attached to an aromatic ring is 1. The van der Waals surface area contributed by atoms with E-state index in [1.807, 2.05) is 12.1 Å². The molecule has 0 aliphatic carbocycles. The molecule has 2 rings (SSSR count). The molecule has 18 heavy (non-hydrogen) atoms. The molecule has 0 amide bonds. The van der Waals surface area contributed by atoms with Gasteiger partial charge in [-0.25, -0.2) is 0 Å². The molecule has 96 valence electrons. The number of phenolic OH excluding ortho intramolecular Hbond substituents is 1. The predicted molar refractivity (Wildman–Crippen MR) is 68.7 cm³/mol. The molecule has 0 aliphatic rings.